The number of benzene rings is 4. The second-order valence-corrected chi connectivity index (χ2v) is 14.2. The molecular weight excluding hydrogens is 940 g/mol. The number of H-pyrrole nitrogens is 1. The molecule has 2 heterocycles. The third-order valence-electron chi connectivity index (χ3n) is 7.57. The van der Waals surface area contributed by atoms with Crippen LogP contribution in [0.5, 0.6) is 17.4 Å². The summed E-state index contributed by atoms with van der Waals surface area (Å²) in [6, 6.07) is 19.0. The number of azo groups is 2. The van der Waals surface area contributed by atoms with Crippen molar-refractivity contribution in [3.63, 3.8) is 0 Å². The maximum Gasteiger partial charge on any atom is 3.00 e. The van der Waals surface area contributed by atoms with Crippen molar-refractivity contribution in [1.82, 2.24) is 19.6 Å². The largest absolute Gasteiger partial charge is 3.00 e. The van der Waals surface area contributed by atoms with Crippen molar-refractivity contribution < 1.29 is 157 Å². The van der Waals surface area contributed by atoms with Gasteiger partial charge >= 0.3 is 105 Å². The summed E-state index contributed by atoms with van der Waals surface area (Å²) in [5.74, 6) is -3.33. The summed E-state index contributed by atoms with van der Waals surface area (Å²) < 4.78 is 67.6. The van der Waals surface area contributed by atoms with Gasteiger partial charge in [0.1, 0.15) is 15.8 Å². The number of aryl methyl sites for hydroxylation is 2. The summed E-state index contributed by atoms with van der Waals surface area (Å²) in [4.78, 5) is 30.0. The minimum absolute atomic E-state index is 0. The van der Waals surface area contributed by atoms with Crippen LogP contribution in [0.3, 0.4) is 0 Å². The van der Waals surface area contributed by atoms with Crippen molar-refractivity contribution in [2.75, 3.05) is 0 Å². The Labute approximate surface area is 425 Å². The molecule has 2 aromatic heterocycles. The first kappa shape index (κ1) is 55.8. The minimum atomic E-state index is -5.29. The number of nitro benzene ring substituents is 2. The maximum absolute atomic E-state index is 12.6. The quantitative estimate of drug-likeness (QED) is 0.0426. The number of aromatic nitrogens is 4. The number of non-ortho nitro benzene ring substituents is 2. The molecule has 0 bridgehead atoms. The van der Waals surface area contributed by atoms with Crippen LogP contribution in [0.25, 0.3) is 11.4 Å². The van der Waals surface area contributed by atoms with Crippen LogP contribution in [0.2, 0.25) is 0 Å². The van der Waals surface area contributed by atoms with E-state index in [1.807, 2.05) is 0 Å². The van der Waals surface area contributed by atoms with Gasteiger partial charge in [0.25, 0.3) is 27.1 Å². The van der Waals surface area contributed by atoms with E-state index in [4.69, 9.17) is 4.55 Å². The van der Waals surface area contributed by atoms with Gasteiger partial charge in [-0.15, -0.1) is 10.2 Å². The normalized spacial score (nSPS) is 11.0. The Morgan fingerprint density at radius 2 is 1.13 bits per heavy atom. The molecule has 0 radical (unpaired) electrons. The van der Waals surface area contributed by atoms with E-state index in [0.29, 0.717) is 35.6 Å². The Morgan fingerprint density at radius 1 is 0.694 bits per heavy atom. The van der Waals surface area contributed by atoms with E-state index < -0.39 is 85.6 Å². The fourth-order valence-electron chi connectivity index (χ4n) is 4.86. The van der Waals surface area contributed by atoms with Crippen LogP contribution in [-0.4, -0.2) is 55.3 Å². The average molecular weight is 963 g/mol. The molecule has 62 heavy (non-hydrogen) atoms. The average Bonchev–Trinajstić information content (AvgIpc) is 3.61. The minimum Gasteiger partial charge on any atom is -0.870 e. The number of nitrogens with one attached hydrogen (secondary N) is 1. The van der Waals surface area contributed by atoms with Gasteiger partial charge in [-0.2, -0.15) is 23.7 Å². The molecule has 0 aliphatic rings. The van der Waals surface area contributed by atoms with E-state index >= 15 is 0 Å². The molecule has 0 fully saturated rings. The first-order valence-corrected chi connectivity index (χ1v) is 18.5. The number of aromatic amines is 1. The molecule has 0 saturated carbocycles. The van der Waals surface area contributed by atoms with Crippen LogP contribution in [0, 0.1) is 34.1 Å². The van der Waals surface area contributed by atoms with Crippen LogP contribution in [0.15, 0.2) is 120 Å². The molecule has 6 aromatic rings. The fourth-order valence-corrected chi connectivity index (χ4v) is 6.07. The van der Waals surface area contributed by atoms with Gasteiger partial charge in [0, 0.05) is 30.1 Å². The first-order chi connectivity index (χ1) is 27.2. The van der Waals surface area contributed by atoms with Crippen molar-refractivity contribution in [1.29, 1.82) is 0 Å². The van der Waals surface area contributed by atoms with E-state index in [0.717, 1.165) is 4.68 Å². The molecule has 0 aliphatic carbocycles. The molecule has 0 saturated heterocycles. The van der Waals surface area contributed by atoms with Gasteiger partial charge < -0.3 is 19.9 Å². The topological polar surface area (TPSA) is 372 Å². The van der Waals surface area contributed by atoms with Crippen molar-refractivity contribution in [3.8, 4) is 28.8 Å². The number of nitrogens with zero attached hydrogens (tertiary/aromatic N) is 9. The summed E-state index contributed by atoms with van der Waals surface area (Å²) in [5.41, 5.74) is -2.79. The van der Waals surface area contributed by atoms with Gasteiger partial charge in [0.05, 0.1) is 53.8 Å². The summed E-state index contributed by atoms with van der Waals surface area (Å²) in [5, 5.41) is 79.9. The number of rotatable bonds is 10. The van der Waals surface area contributed by atoms with E-state index in [1.165, 1.54) is 18.5 Å². The van der Waals surface area contributed by atoms with E-state index in [1.54, 1.807) is 60.7 Å². The van der Waals surface area contributed by atoms with E-state index in [9.17, 15) is 61.7 Å². The van der Waals surface area contributed by atoms with Crippen LogP contribution in [0.1, 0.15) is 11.4 Å². The zero-order chi connectivity index (χ0) is 42.7. The first-order valence-electron chi connectivity index (χ1n) is 15.6. The predicted molar refractivity (Wildman–Crippen MR) is 190 cm³/mol. The molecular formula is C32H22CoN10Na3O14S2+2. The van der Waals surface area contributed by atoms with Crippen LogP contribution in [-0.2, 0) is 37.0 Å². The molecule has 0 amide bonds. The Balaban J connectivity index is 0.000000582. The molecule has 0 aliphatic heterocycles. The summed E-state index contributed by atoms with van der Waals surface area (Å²) in [7, 11) is -10.3. The fraction of sp³-hybridized carbons (Fsp3) is 0.0625. The van der Waals surface area contributed by atoms with Crippen molar-refractivity contribution in [2.45, 2.75) is 23.6 Å². The number of hydrogen-bond acceptors (Lipinski definition) is 18. The van der Waals surface area contributed by atoms with Gasteiger partial charge in [-0.25, -0.2) is 17.8 Å². The molecule has 4 aromatic carbocycles. The summed E-state index contributed by atoms with van der Waals surface area (Å²) in [6.45, 7) is 2.97. The van der Waals surface area contributed by atoms with Crippen molar-refractivity contribution >= 4 is 54.4 Å². The number of nitro groups is 2. The maximum atomic E-state index is 12.6. The van der Waals surface area contributed by atoms with Gasteiger partial charge in [-0.1, -0.05) is 47.9 Å². The van der Waals surface area contributed by atoms with Crippen LogP contribution in [0.4, 0.5) is 34.1 Å². The molecule has 0 unspecified atom stereocenters. The van der Waals surface area contributed by atoms with E-state index in [-0.39, 0.29) is 128 Å². The zero-order valence-electron chi connectivity index (χ0n) is 32.5. The molecule has 2 N–H and O–H groups in total. The van der Waals surface area contributed by atoms with Crippen LogP contribution >= 0.6 is 0 Å². The SMILES string of the molecule is Cc1[nH]n(-c2ccccc2)c(=O)c1N=Nc1cc([N+](=O)[O-])cc(S(=O)(=O)O)c1[O-].Cc1nn(-c2ccccc2)c([O-])c1N=Nc1cc([N+](=O)[O-])cc(S(=O)(=O)[O-])c1[O-].[Co+3].[Na+].[Na+].[Na+]. The van der Waals surface area contributed by atoms with Gasteiger partial charge in [-0.3, -0.25) is 34.7 Å². The van der Waals surface area contributed by atoms with Crippen molar-refractivity contribution in [3.05, 3.63) is 127 Å². The predicted octanol–water partition coefficient (Wildman–Crippen LogP) is -5.32. The summed E-state index contributed by atoms with van der Waals surface area (Å²) in [6.07, 6.45) is 0. The standard InChI is InChI=1S/2C16H13N5O7S.Co.3Na/c2*1-9-14(16(23)20(19-9)10-5-3-2-4-6-10)18-17-12-7-11(21(24)25)8-13(15(12)22)29(26,27)28;;;;/h2-8,22-23H,1H3,(H,26,27,28);2-8,19,22H,1H3,(H,26,27,28);;;;/q;;+3;3*+1/p-4. The molecule has 6 rings (SSSR count). The number of para-hydroxylation sites is 2. The zero-order valence-corrected chi connectivity index (χ0v) is 41.2. The van der Waals surface area contributed by atoms with E-state index in [2.05, 4.69) is 30.7 Å². The molecule has 0 atom stereocenters. The third kappa shape index (κ3) is 13.0. The Morgan fingerprint density at radius 3 is 1.58 bits per heavy atom. The molecule has 30 heteroatoms. The molecule has 24 nitrogen and oxygen atoms in total. The van der Waals surface area contributed by atoms with Crippen LogP contribution < -0.4 is 110 Å². The second-order valence-electron chi connectivity index (χ2n) is 11.5. The number of hydrogen-bond donors (Lipinski definition) is 2. The smallest absolute Gasteiger partial charge is 0.870 e. The molecule has 306 valence electrons. The van der Waals surface area contributed by atoms with Gasteiger partial charge in [-0.05, 0) is 38.1 Å². The van der Waals surface area contributed by atoms with Crippen molar-refractivity contribution in [2.24, 2.45) is 20.5 Å². The monoisotopic (exact) mass is 962 g/mol. The van der Waals surface area contributed by atoms with Gasteiger partial charge in [0.15, 0.2) is 5.69 Å². The third-order valence-corrected chi connectivity index (χ3v) is 9.27. The van der Waals surface area contributed by atoms with Gasteiger partial charge in [0.2, 0.25) is 0 Å². The molecule has 0 spiro atoms. The Kier molecular flexibility index (Phi) is 20.7. The second kappa shape index (κ2) is 23.0. The Bertz CT molecular complexity index is 2950. The summed E-state index contributed by atoms with van der Waals surface area (Å²) >= 11 is 0. The Hall–Kier alpha value is -4.17.